The zero-order valence-electron chi connectivity index (χ0n) is 18.6. The van der Waals surface area contributed by atoms with Gasteiger partial charge in [-0.05, 0) is 50.1 Å². The molecule has 2 amide bonds. The van der Waals surface area contributed by atoms with Gasteiger partial charge in [0.25, 0.3) is 0 Å². The van der Waals surface area contributed by atoms with E-state index in [-0.39, 0.29) is 25.2 Å². The maximum absolute atomic E-state index is 13.1. The molecule has 1 N–H and O–H groups in total. The normalized spacial score (nSPS) is 17.7. The molecule has 9 heteroatoms. The standard InChI is InChI=1S/C23H29N3O5S/c1-16-4-7-22(17(2)14-16)32(28,29)26-10-8-25(9-11-26)23(27)24-18(3)19-5-6-20-21(15-19)31-13-12-30-20/h4-7,14-15,18H,8-13H2,1-3H3,(H,24,27)/t18-/m1/s1. The summed E-state index contributed by atoms with van der Waals surface area (Å²) >= 11 is 0. The van der Waals surface area contributed by atoms with E-state index in [4.69, 9.17) is 9.47 Å². The van der Waals surface area contributed by atoms with Crippen molar-refractivity contribution < 1.29 is 22.7 Å². The number of rotatable bonds is 4. The van der Waals surface area contributed by atoms with Crippen molar-refractivity contribution in [3.8, 4) is 11.5 Å². The number of nitrogens with one attached hydrogen (secondary N) is 1. The fourth-order valence-electron chi connectivity index (χ4n) is 4.05. The minimum atomic E-state index is -3.58. The SMILES string of the molecule is Cc1ccc(S(=O)(=O)N2CCN(C(=O)N[C@H](C)c3ccc4c(c3)OCCO4)CC2)c(C)c1. The number of nitrogens with zero attached hydrogens (tertiary/aromatic N) is 2. The molecule has 0 aliphatic carbocycles. The number of carbonyl (C=O) groups excluding carboxylic acids is 1. The second-order valence-corrected chi connectivity index (χ2v) is 10.1. The maximum Gasteiger partial charge on any atom is 0.317 e. The number of ether oxygens (including phenoxy) is 2. The molecular weight excluding hydrogens is 430 g/mol. The Hall–Kier alpha value is -2.78. The van der Waals surface area contributed by atoms with Gasteiger partial charge in [0.1, 0.15) is 13.2 Å². The van der Waals surface area contributed by atoms with Crippen molar-refractivity contribution in [2.45, 2.75) is 31.7 Å². The van der Waals surface area contributed by atoms with Gasteiger partial charge in [0.15, 0.2) is 11.5 Å². The summed E-state index contributed by atoms with van der Waals surface area (Å²) in [5, 5.41) is 3.00. The Morgan fingerprint density at radius 3 is 2.34 bits per heavy atom. The van der Waals surface area contributed by atoms with Crippen LogP contribution in [0.3, 0.4) is 0 Å². The van der Waals surface area contributed by atoms with Gasteiger partial charge in [0.05, 0.1) is 10.9 Å². The summed E-state index contributed by atoms with van der Waals surface area (Å²) in [5.74, 6) is 1.39. The fourth-order valence-corrected chi connectivity index (χ4v) is 5.68. The van der Waals surface area contributed by atoms with Crippen molar-refractivity contribution in [2.24, 2.45) is 0 Å². The van der Waals surface area contributed by atoms with Crippen LogP contribution in [0.15, 0.2) is 41.3 Å². The molecule has 0 saturated carbocycles. The van der Waals surface area contributed by atoms with Gasteiger partial charge in [-0.25, -0.2) is 13.2 Å². The third kappa shape index (κ3) is 4.54. The number of fused-ring (bicyclic) bond motifs is 1. The lowest BCUT2D eigenvalue weighted by atomic mass is 10.1. The molecule has 1 fully saturated rings. The highest BCUT2D eigenvalue weighted by molar-refractivity contribution is 7.89. The van der Waals surface area contributed by atoms with E-state index in [0.717, 1.165) is 16.7 Å². The quantitative estimate of drug-likeness (QED) is 0.760. The number of aryl methyl sites for hydroxylation is 2. The van der Waals surface area contributed by atoms with Gasteiger partial charge in [0, 0.05) is 26.2 Å². The Morgan fingerprint density at radius 1 is 0.969 bits per heavy atom. The smallest absolute Gasteiger partial charge is 0.317 e. The summed E-state index contributed by atoms with van der Waals surface area (Å²) < 4.78 is 38.7. The topological polar surface area (TPSA) is 88.2 Å². The molecule has 1 saturated heterocycles. The third-order valence-electron chi connectivity index (χ3n) is 5.88. The van der Waals surface area contributed by atoms with Crippen LogP contribution in [0.25, 0.3) is 0 Å². The first-order valence-corrected chi connectivity index (χ1v) is 12.2. The Bertz CT molecular complexity index is 1110. The number of hydrogen-bond acceptors (Lipinski definition) is 5. The summed E-state index contributed by atoms with van der Waals surface area (Å²) in [5.41, 5.74) is 2.67. The lowest BCUT2D eigenvalue weighted by Crippen LogP contribution is -2.53. The number of sulfonamides is 1. The number of hydrogen-bond donors (Lipinski definition) is 1. The molecule has 2 aliphatic rings. The number of piperazine rings is 1. The van der Waals surface area contributed by atoms with Gasteiger partial charge < -0.3 is 19.7 Å². The minimum Gasteiger partial charge on any atom is -0.486 e. The molecule has 0 bridgehead atoms. The van der Waals surface area contributed by atoms with E-state index in [0.29, 0.717) is 42.7 Å². The van der Waals surface area contributed by atoms with Crippen molar-refractivity contribution >= 4 is 16.1 Å². The van der Waals surface area contributed by atoms with E-state index < -0.39 is 10.0 Å². The van der Waals surface area contributed by atoms with E-state index >= 15 is 0 Å². The lowest BCUT2D eigenvalue weighted by molar-refractivity contribution is 0.168. The summed E-state index contributed by atoms with van der Waals surface area (Å²) in [6, 6.07) is 10.5. The van der Waals surface area contributed by atoms with Crippen LogP contribution in [-0.2, 0) is 10.0 Å². The first kappa shape index (κ1) is 22.4. The van der Waals surface area contributed by atoms with Crippen LogP contribution in [0.4, 0.5) is 4.79 Å². The van der Waals surface area contributed by atoms with Crippen molar-refractivity contribution in [1.82, 2.24) is 14.5 Å². The molecule has 0 unspecified atom stereocenters. The minimum absolute atomic E-state index is 0.212. The van der Waals surface area contributed by atoms with Crippen LogP contribution < -0.4 is 14.8 Å². The molecule has 8 nitrogen and oxygen atoms in total. The second-order valence-electron chi connectivity index (χ2n) is 8.23. The molecule has 0 spiro atoms. The third-order valence-corrected chi connectivity index (χ3v) is 7.94. The van der Waals surface area contributed by atoms with E-state index in [2.05, 4.69) is 5.32 Å². The zero-order valence-corrected chi connectivity index (χ0v) is 19.4. The second kappa shape index (κ2) is 8.99. The van der Waals surface area contributed by atoms with Crippen molar-refractivity contribution in [3.63, 3.8) is 0 Å². The molecule has 2 aromatic carbocycles. The van der Waals surface area contributed by atoms with E-state index in [1.165, 1.54) is 4.31 Å². The molecule has 172 valence electrons. The monoisotopic (exact) mass is 459 g/mol. The molecule has 1 atom stereocenters. The largest absolute Gasteiger partial charge is 0.486 e. The van der Waals surface area contributed by atoms with Crippen LogP contribution in [0.5, 0.6) is 11.5 Å². The predicted molar refractivity (Wildman–Crippen MR) is 121 cm³/mol. The summed E-state index contributed by atoms with van der Waals surface area (Å²) in [4.78, 5) is 14.8. The summed E-state index contributed by atoms with van der Waals surface area (Å²) in [6.07, 6.45) is 0. The van der Waals surface area contributed by atoms with Crippen molar-refractivity contribution in [1.29, 1.82) is 0 Å². The molecular formula is C23H29N3O5S. The number of benzene rings is 2. The van der Waals surface area contributed by atoms with Crippen LogP contribution in [0, 0.1) is 13.8 Å². The predicted octanol–water partition coefficient (Wildman–Crippen LogP) is 2.85. The molecule has 0 radical (unpaired) electrons. The highest BCUT2D eigenvalue weighted by Crippen LogP contribution is 2.32. The Balaban J connectivity index is 1.36. The first-order valence-electron chi connectivity index (χ1n) is 10.8. The molecule has 4 rings (SSSR count). The van der Waals surface area contributed by atoms with Crippen LogP contribution in [-0.4, -0.2) is 63.0 Å². The van der Waals surface area contributed by atoms with Crippen molar-refractivity contribution in [2.75, 3.05) is 39.4 Å². The summed E-state index contributed by atoms with van der Waals surface area (Å²) in [6.45, 7) is 7.90. The highest BCUT2D eigenvalue weighted by Gasteiger charge is 2.31. The van der Waals surface area contributed by atoms with Gasteiger partial charge >= 0.3 is 6.03 Å². The fraction of sp³-hybridized carbons (Fsp3) is 0.435. The number of carbonyl (C=O) groups is 1. The van der Waals surface area contributed by atoms with Crippen molar-refractivity contribution in [3.05, 3.63) is 53.1 Å². The van der Waals surface area contributed by atoms with Gasteiger partial charge in [0.2, 0.25) is 10.0 Å². The molecule has 2 aromatic rings. The van der Waals surface area contributed by atoms with Gasteiger partial charge in [-0.2, -0.15) is 4.31 Å². The van der Waals surface area contributed by atoms with Crippen LogP contribution in [0.1, 0.15) is 29.7 Å². The molecule has 32 heavy (non-hydrogen) atoms. The van der Waals surface area contributed by atoms with Gasteiger partial charge in [-0.1, -0.05) is 23.8 Å². The average Bonchev–Trinajstić information content (AvgIpc) is 2.78. The molecule has 2 heterocycles. The summed E-state index contributed by atoms with van der Waals surface area (Å²) in [7, 11) is -3.58. The average molecular weight is 460 g/mol. The van der Waals surface area contributed by atoms with E-state index in [9.17, 15) is 13.2 Å². The lowest BCUT2D eigenvalue weighted by Gasteiger charge is -2.35. The van der Waals surface area contributed by atoms with Gasteiger partial charge in [-0.3, -0.25) is 0 Å². The Morgan fingerprint density at radius 2 is 1.66 bits per heavy atom. The van der Waals surface area contributed by atoms with E-state index in [1.54, 1.807) is 11.0 Å². The number of urea groups is 1. The van der Waals surface area contributed by atoms with Crippen LogP contribution >= 0.6 is 0 Å². The Labute approximate surface area is 189 Å². The molecule has 2 aliphatic heterocycles. The van der Waals surface area contributed by atoms with Crippen LogP contribution in [0.2, 0.25) is 0 Å². The molecule has 0 aromatic heterocycles. The highest BCUT2D eigenvalue weighted by atomic mass is 32.2. The maximum atomic E-state index is 13.1. The first-order chi connectivity index (χ1) is 15.3. The van der Waals surface area contributed by atoms with Gasteiger partial charge in [-0.15, -0.1) is 0 Å². The Kier molecular flexibility index (Phi) is 6.30. The van der Waals surface area contributed by atoms with E-state index in [1.807, 2.05) is 51.1 Å². The zero-order chi connectivity index (χ0) is 22.9. The number of amides is 2.